The third-order valence-electron chi connectivity index (χ3n) is 1.83. The molecule has 19 heavy (non-hydrogen) atoms. The maximum Gasteiger partial charge on any atom is 0.412 e. The predicted octanol–water partition coefficient (Wildman–Crippen LogP) is 0.702. The molecule has 7 heteroatoms. The van der Waals surface area contributed by atoms with Crippen molar-refractivity contribution in [1.29, 1.82) is 0 Å². The molecule has 0 bridgehead atoms. The summed E-state index contributed by atoms with van der Waals surface area (Å²) in [6.45, 7) is 9.90. The van der Waals surface area contributed by atoms with Gasteiger partial charge < -0.3 is 14.8 Å². The molecular weight excluding hydrogens is 252 g/mol. The second-order valence-electron chi connectivity index (χ2n) is 4.82. The lowest BCUT2D eigenvalue weighted by atomic mass is 10.2. The van der Waals surface area contributed by atoms with Crippen LogP contribution in [0.1, 0.15) is 27.7 Å². The van der Waals surface area contributed by atoms with E-state index in [9.17, 15) is 14.4 Å². The number of amides is 2. The Bertz CT molecular complexity index is 384. The zero-order valence-corrected chi connectivity index (χ0v) is 11.8. The summed E-state index contributed by atoms with van der Waals surface area (Å²) in [6, 6.07) is -0.838. The number of methoxy groups -OCH3 is 1. The average molecular weight is 272 g/mol. The van der Waals surface area contributed by atoms with Gasteiger partial charge in [0.15, 0.2) is 0 Å². The Balaban J connectivity index is 4.32. The quantitative estimate of drug-likeness (QED) is 0.580. The van der Waals surface area contributed by atoms with E-state index in [1.54, 1.807) is 20.8 Å². The Labute approximate surface area is 112 Å². The fourth-order valence-corrected chi connectivity index (χ4v) is 1.00. The molecule has 0 aliphatic heterocycles. The number of ether oxygens (including phenoxy) is 2. The van der Waals surface area contributed by atoms with E-state index in [4.69, 9.17) is 4.74 Å². The van der Waals surface area contributed by atoms with Crippen LogP contribution in [0.25, 0.3) is 0 Å². The zero-order chi connectivity index (χ0) is 15.2. The molecule has 108 valence electrons. The van der Waals surface area contributed by atoms with E-state index >= 15 is 0 Å². The third kappa shape index (κ3) is 7.07. The first-order valence-electron chi connectivity index (χ1n) is 5.64. The van der Waals surface area contributed by atoms with E-state index in [2.05, 4.69) is 21.9 Å². The van der Waals surface area contributed by atoms with Gasteiger partial charge in [0, 0.05) is 0 Å². The summed E-state index contributed by atoms with van der Waals surface area (Å²) in [5.41, 5.74) is -0.898. The lowest BCUT2D eigenvalue weighted by Crippen LogP contribution is -2.43. The Kier molecular flexibility index (Phi) is 6.04. The molecule has 0 aliphatic rings. The molecule has 0 heterocycles. The van der Waals surface area contributed by atoms with Crippen LogP contribution >= 0.6 is 0 Å². The van der Waals surface area contributed by atoms with Gasteiger partial charge >= 0.3 is 12.1 Å². The van der Waals surface area contributed by atoms with Gasteiger partial charge in [-0.15, -0.1) is 0 Å². The fourth-order valence-electron chi connectivity index (χ4n) is 1.00. The first-order valence-corrected chi connectivity index (χ1v) is 5.64. The fraction of sp³-hybridized carbons (Fsp3) is 0.583. The van der Waals surface area contributed by atoms with Gasteiger partial charge in [-0.05, 0) is 27.7 Å². The first-order chi connectivity index (χ1) is 8.56. The third-order valence-corrected chi connectivity index (χ3v) is 1.83. The minimum Gasteiger partial charge on any atom is -0.467 e. The summed E-state index contributed by atoms with van der Waals surface area (Å²) in [6.07, 6.45) is -0.793. The first kappa shape index (κ1) is 16.9. The molecule has 0 saturated carbocycles. The van der Waals surface area contributed by atoms with Crippen molar-refractivity contribution in [2.45, 2.75) is 39.3 Å². The lowest BCUT2D eigenvalue weighted by molar-refractivity contribution is -0.144. The van der Waals surface area contributed by atoms with E-state index in [1.807, 2.05) is 0 Å². The molecule has 2 amide bonds. The molecule has 0 aromatic heterocycles. The van der Waals surface area contributed by atoms with E-state index < -0.39 is 29.6 Å². The van der Waals surface area contributed by atoms with Crippen molar-refractivity contribution in [2.24, 2.45) is 0 Å². The second-order valence-corrected chi connectivity index (χ2v) is 4.82. The number of carbonyl (C=O) groups excluding carboxylic acids is 3. The number of nitrogens with one attached hydrogen (secondary N) is 2. The Morgan fingerprint density at radius 3 is 2.16 bits per heavy atom. The normalized spacial score (nSPS) is 12.1. The van der Waals surface area contributed by atoms with Crippen molar-refractivity contribution < 1.29 is 23.9 Å². The van der Waals surface area contributed by atoms with Gasteiger partial charge in [-0.3, -0.25) is 10.1 Å². The van der Waals surface area contributed by atoms with Crippen LogP contribution < -0.4 is 10.6 Å². The number of esters is 1. The van der Waals surface area contributed by atoms with Crippen molar-refractivity contribution in [1.82, 2.24) is 10.6 Å². The maximum absolute atomic E-state index is 11.6. The van der Waals surface area contributed by atoms with E-state index in [0.29, 0.717) is 0 Å². The van der Waals surface area contributed by atoms with Crippen LogP contribution in [0.5, 0.6) is 0 Å². The van der Waals surface area contributed by atoms with Gasteiger partial charge in [-0.1, -0.05) is 6.58 Å². The molecule has 0 aliphatic carbocycles. The van der Waals surface area contributed by atoms with Crippen molar-refractivity contribution >= 4 is 18.0 Å². The average Bonchev–Trinajstić information content (AvgIpc) is 2.24. The number of hydrogen-bond donors (Lipinski definition) is 2. The van der Waals surface area contributed by atoms with Crippen LogP contribution in [0, 0.1) is 0 Å². The van der Waals surface area contributed by atoms with Crippen LogP contribution in [0.2, 0.25) is 0 Å². The second kappa shape index (κ2) is 6.77. The molecule has 0 spiro atoms. The molecule has 0 aromatic rings. The molecular formula is C12H20N2O5. The largest absolute Gasteiger partial charge is 0.467 e. The van der Waals surface area contributed by atoms with Crippen molar-refractivity contribution in [3.8, 4) is 0 Å². The Hall–Kier alpha value is -2.05. The SMILES string of the molecule is C=C(NC(=O)OC(C)(C)C)C(=O)N[C@H](C)C(=O)OC. The van der Waals surface area contributed by atoms with Gasteiger partial charge in [0.25, 0.3) is 5.91 Å². The monoisotopic (exact) mass is 272 g/mol. The standard InChI is InChI=1S/C12H20N2O5/c1-7(14-11(17)19-12(3,4)5)9(15)13-8(2)10(16)18-6/h8H,1H2,2-6H3,(H,13,15)(H,14,17)/t8-/m1/s1. The van der Waals surface area contributed by atoms with Gasteiger partial charge in [-0.25, -0.2) is 9.59 Å². The molecule has 0 aromatic carbocycles. The van der Waals surface area contributed by atoms with Gasteiger partial charge in [-0.2, -0.15) is 0 Å². The van der Waals surface area contributed by atoms with E-state index in [-0.39, 0.29) is 5.70 Å². The zero-order valence-electron chi connectivity index (χ0n) is 11.8. The highest BCUT2D eigenvalue weighted by Crippen LogP contribution is 2.06. The van der Waals surface area contributed by atoms with Crippen LogP contribution in [0.3, 0.4) is 0 Å². The van der Waals surface area contributed by atoms with Crippen LogP contribution in [-0.2, 0) is 19.1 Å². The lowest BCUT2D eigenvalue weighted by Gasteiger charge is -2.20. The number of hydrogen-bond acceptors (Lipinski definition) is 5. The van der Waals surface area contributed by atoms with Gasteiger partial charge in [0.05, 0.1) is 7.11 Å². The number of carbonyl (C=O) groups is 3. The number of alkyl carbamates (subject to hydrolysis) is 1. The summed E-state index contributed by atoms with van der Waals surface area (Å²) in [4.78, 5) is 34.1. The highest BCUT2D eigenvalue weighted by Gasteiger charge is 2.21. The molecule has 0 unspecified atom stereocenters. The summed E-state index contributed by atoms with van der Waals surface area (Å²) in [5, 5.41) is 4.49. The molecule has 2 N–H and O–H groups in total. The molecule has 0 radical (unpaired) electrons. The van der Waals surface area contributed by atoms with Crippen molar-refractivity contribution in [2.75, 3.05) is 7.11 Å². The smallest absolute Gasteiger partial charge is 0.412 e. The Morgan fingerprint density at radius 2 is 1.74 bits per heavy atom. The summed E-state index contributed by atoms with van der Waals surface area (Å²) >= 11 is 0. The topological polar surface area (TPSA) is 93.7 Å². The predicted molar refractivity (Wildman–Crippen MR) is 68.1 cm³/mol. The number of rotatable bonds is 4. The van der Waals surface area contributed by atoms with Gasteiger partial charge in [0.1, 0.15) is 17.3 Å². The minimum absolute atomic E-state index is 0.218. The van der Waals surface area contributed by atoms with Crippen molar-refractivity contribution in [3.63, 3.8) is 0 Å². The van der Waals surface area contributed by atoms with Gasteiger partial charge in [0.2, 0.25) is 0 Å². The molecule has 7 nitrogen and oxygen atoms in total. The highest BCUT2D eigenvalue weighted by molar-refractivity contribution is 5.97. The highest BCUT2D eigenvalue weighted by atomic mass is 16.6. The van der Waals surface area contributed by atoms with Crippen molar-refractivity contribution in [3.05, 3.63) is 12.3 Å². The molecule has 0 saturated heterocycles. The van der Waals surface area contributed by atoms with Crippen LogP contribution in [0.4, 0.5) is 4.79 Å². The molecule has 1 atom stereocenters. The summed E-state index contributed by atoms with van der Waals surface area (Å²) < 4.78 is 9.39. The molecule has 0 fully saturated rings. The Morgan fingerprint density at radius 1 is 1.21 bits per heavy atom. The van der Waals surface area contributed by atoms with Crippen LogP contribution in [0.15, 0.2) is 12.3 Å². The summed E-state index contributed by atoms with van der Waals surface area (Å²) in [7, 11) is 1.21. The maximum atomic E-state index is 11.6. The van der Waals surface area contributed by atoms with Crippen LogP contribution in [-0.4, -0.2) is 36.7 Å². The summed E-state index contributed by atoms with van der Waals surface area (Å²) in [5.74, 6) is -1.29. The van der Waals surface area contributed by atoms with E-state index in [1.165, 1.54) is 14.0 Å². The minimum atomic E-state index is -0.838. The molecule has 0 rings (SSSR count). The van der Waals surface area contributed by atoms with E-state index in [0.717, 1.165) is 0 Å².